The first kappa shape index (κ1) is 22.3. The quantitative estimate of drug-likeness (QED) is 0.495. The Hall–Kier alpha value is -2.85. The van der Waals surface area contributed by atoms with Crippen LogP contribution < -0.4 is 18.5 Å². The van der Waals surface area contributed by atoms with Gasteiger partial charge in [0.2, 0.25) is 0 Å². The predicted molar refractivity (Wildman–Crippen MR) is 120 cm³/mol. The van der Waals surface area contributed by atoms with E-state index in [4.69, 9.17) is 14.2 Å². The molecule has 0 aliphatic carbocycles. The van der Waals surface area contributed by atoms with Gasteiger partial charge in [-0.25, -0.2) is 22.1 Å². The highest BCUT2D eigenvalue weighted by Gasteiger charge is 2.33. The van der Waals surface area contributed by atoms with Crippen molar-refractivity contribution >= 4 is 26.5 Å². The molecule has 0 fully saturated rings. The van der Waals surface area contributed by atoms with Crippen LogP contribution in [0.5, 0.6) is 17.2 Å². The molecule has 7 nitrogen and oxygen atoms in total. The van der Waals surface area contributed by atoms with E-state index in [1.165, 1.54) is 32.5 Å². The van der Waals surface area contributed by atoms with E-state index in [0.29, 0.717) is 35.0 Å². The maximum atomic E-state index is 15.1. The molecule has 1 aliphatic heterocycles. The highest BCUT2D eigenvalue weighted by molar-refractivity contribution is 7.93. The first-order valence-electron chi connectivity index (χ1n) is 9.94. The van der Waals surface area contributed by atoms with Gasteiger partial charge in [-0.15, -0.1) is 11.3 Å². The molecule has 1 aliphatic rings. The molecule has 0 saturated heterocycles. The molecule has 0 radical (unpaired) electrons. The number of hydrogen-bond acceptors (Lipinski definition) is 7. The summed E-state index contributed by atoms with van der Waals surface area (Å²) < 4.78 is 59.8. The molecular formula is C22H23FN2O5S2. The van der Waals surface area contributed by atoms with Crippen molar-refractivity contribution in [3.8, 4) is 17.2 Å². The Morgan fingerprint density at radius 2 is 2.06 bits per heavy atom. The van der Waals surface area contributed by atoms with E-state index in [9.17, 15) is 8.42 Å². The van der Waals surface area contributed by atoms with Crippen LogP contribution in [0.1, 0.15) is 30.4 Å². The Kier molecular flexibility index (Phi) is 6.25. The van der Waals surface area contributed by atoms with Gasteiger partial charge in [0.1, 0.15) is 28.0 Å². The van der Waals surface area contributed by atoms with Crippen LogP contribution in [0.15, 0.2) is 46.8 Å². The monoisotopic (exact) mass is 478 g/mol. The number of sulfonamides is 1. The van der Waals surface area contributed by atoms with Crippen LogP contribution in [0.2, 0.25) is 0 Å². The van der Waals surface area contributed by atoms with E-state index in [1.54, 1.807) is 23.6 Å². The molecule has 3 aromatic rings. The maximum Gasteiger partial charge on any atom is 0.269 e. The third-order valence-corrected chi connectivity index (χ3v) is 8.07. The van der Waals surface area contributed by atoms with Gasteiger partial charge in [-0.2, -0.15) is 0 Å². The summed E-state index contributed by atoms with van der Waals surface area (Å²) in [6.07, 6.45) is 2.25. The van der Waals surface area contributed by atoms with Gasteiger partial charge >= 0.3 is 0 Å². The number of hydrogen-bond donors (Lipinski definition) is 0. The smallest absolute Gasteiger partial charge is 0.269 e. The fourth-order valence-corrected chi connectivity index (χ4v) is 5.94. The predicted octanol–water partition coefficient (Wildman–Crippen LogP) is 4.58. The molecule has 0 spiro atoms. The van der Waals surface area contributed by atoms with Crippen LogP contribution in [0.3, 0.4) is 0 Å². The Morgan fingerprint density at radius 3 is 2.75 bits per heavy atom. The Bertz CT molecular complexity index is 1220. The number of rotatable bonds is 7. The van der Waals surface area contributed by atoms with Gasteiger partial charge in [0.25, 0.3) is 10.0 Å². The van der Waals surface area contributed by atoms with E-state index < -0.39 is 20.7 Å². The number of nitrogens with zero attached hydrogens (tertiary/aromatic N) is 2. The van der Waals surface area contributed by atoms with E-state index in [2.05, 4.69) is 4.98 Å². The Balaban J connectivity index is 1.80. The molecular weight excluding hydrogens is 455 g/mol. The topological polar surface area (TPSA) is 78.0 Å². The van der Waals surface area contributed by atoms with E-state index in [-0.39, 0.29) is 17.6 Å². The lowest BCUT2D eigenvalue weighted by atomic mass is 9.95. The van der Waals surface area contributed by atoms with Crippen LogP contribution in [-0.2, 0) is 16.6 Å². The summed E-state index contributed by atoms with van der Waals surface area (Å²) in [6, 6.07) is 7.62. The molecule has 0 saturated carbocycles. The number of ether oxygens (including phenoxy) is 3. The molecule has 1 unspecified atom stereocenters. The van der Waals surface area contributed by atoms with Gasteiger partial charge in [0, 0.05) is 34.8 Å². The van der Waals surface area contributed by atoms with Crippen molar-refractivity contribution in [1.29, 1.82) is 0 Å². The highest BCUT2D eigenvalue weighted by atomic mass is 32.2. The number of anilines is 1. The van der Waals surface area contributed by atoms with E-state index in [1.807, 2.05) is 6.92 Å². The van der Waals surface area contributed by atoms with Crippen LogP contribution in [-0.4, -0.2) is 34.2 Å². The number of benzene rings is 2. The highest BCUT2D eigenvalue weighted by Crippen LogP contribution is 2.39. The van der Waals surface area contributed by atoms with Crippen molar-refractivity contribution in [2.24, 2.45) is 0 Å². The summed E-state index contributed by atoms with van der Waals surface area (Å²) in [5.74, 6) is 0.684. The van der Waals surface area contributed by atoms with Crippen LogP contribution in [0, 0.1) is 5.82 Å². The lowest BCUT2D eigenvalue weighted by Gasteiger charge is -2.26. The van der Waals surface area contributed by atoms with Gasteiger partial charge in [-0.1, -0.05) is 6.92 Å². The molecule has 170 valence electrons. The molecule has 32 heavy (non-hydrogen) atoms. The Morgan fingerprint density at radius 1 is 1.25 bits per heavy atom. The summed E-state index contributed by atoms with van der Waals surface area (Å²) in [7, 11) is -1.29. The van der Waals surface area contributed by atoms with Gasteiger partial charge in [-0.3, -0.25) is 0 Å². The Labute approximate surface area is 190 Å². The minimum Gasteiger partial charge on any atom is -0.497 e. The average Bonchev–Trinajstić information content (AvgIpc) is 3.31. The van der Waals surface area contributed by atoms with E-state index >= 15 is 4.39 Å². The number of halogens is 1. The minimum atomic E-state index is -4.31. The van der Waals surface area contributed by atoms with Crippen molar-refractivity contribution in [2.45, 2.75) is 30.7 Å². The summed E-state index contributed by atoms with van der Waals surface area (Å²) >= 11 is 1.14. The molecule has 10 heteroatoms. The first-order valence-corrected chi connectivity index (χ1v) is 12.3. The van der Waals surface area contributed by atoms with Gasteiger partial charge < -0.3 is 14.2 Å². The molecule has 4 rings (SSSR count). The average molecular weight is 479 g/mol. The van der Waals surface area contributed by atoms with Crippen molar-refractivity contribution < 1.29 is 27.0 Å². The van der Waals surface area contributed by atoms with Gasteiger partial charge in [-0.05, 0) is 30.5 Å². The third-order valence-electron chi connectivity index (χ3n) is 5.41. The van der Waals surface area contributed by atoms with Crippen LogP contribution in [0.25, 0.3) is 0 Å². The standard InChI is InChI=1S/C22H23FN2O5S2/c1-14-6-8-30-20-12-21(18(23)11-17(14)20)32(26,27)25(22-24-7-9-31-22)13-15-4-5-16(28-2)10-19(15)29-3/h4-5,7,9-12,14H,6,8,13H2,1-3H3. The fourth-order valence-electron chi connectivity index (χ4n) is 3.61. The second-order valence-corrected chi connectivity index (χ2v) is 10.1. The van der Waals surface area contributed by atoms with Crippen LogP contribution in [0.4, 0.5) is 9.52 Å². The van der Waals surface area contributed by atoms with Crippen LogP contribution >= 0.6 is 11.3 Å². The number of thiazole rings is 1. The summed E-state index contributed by atoms with van der Waals surface area (Å²) in [6.45, 7) is 2.32. The zero-order valence-electron chi connectivity index (χ0n) is 17.9. The molecule has 1 atom stereocenters. The summed E-state index contributed by atoms with van der Waals surface area (Å²) in [5.41, 5.74) is 1.25. The van der Waals surface area contributed by atoms with Gasteiger partial charge in [0.05, 0.1) is 27.4 Å². The van der Waals surface area contributed by atoms with E-state index in [0.717, 1.165) is 22.1 Å². The first-order chi connectivity index (χ1) is 15.3. The number of fused-ring (bicyclic) bond motifs is 1. The fraction of sp³-hybridized carbons (Fsp3) is 0.318. The molecule has 0 N–H and O–H groups in total. The molecule has 0 bridgehead atoms. The lowest BCUT2D eigenvalue weighted by Crippen LogP contribution is -2.31. The zero-order valence-corrected chi connectivity index (χ0v) is 19.5. The second kappa shape index (κ2) is 8.95. The van der Waals surface area contributed by atoms with Crippen molar-refractivity contribution in [2.75, 3.05) is 25.1 Å². The third kappa shape index (κ3) is 4.12. The number of methoxy groups -OCH3 is 2. The number of aromatic nitrogens is 1. The molecule has 1 aromatic heterocycles. The summed E-state index contributed by atoms with van der Waals surface area (Å²) in [4.78, 5) is 3.72. The molecule has 0 amide bonds. The van der Waals surface area contributed by atoms with Crippen molar-refractivity contribution in [3.63, 3.8) is 0 Å². The largest absolute Gasteiger partial charge is 0.497 e. The SMILES string of the molecule is COc1ccc(CN(c2nccs2)S(=O)(=O)c2cc3c(cc2F)C(C)CCO3)c(OC)c1. The van der Waals surface area contributed by atoms with Gasteiger partial charge in [0.15, 0.2) is 5.13 Å². The maximum absolute atomic E-state index is 15.1. The zero-order chi connectivity index (χ0) is 22.9. The molecule has 2 heterocycles. The second-order valence-electron chi connectivity index (χ2n) is 7.36. The van der Waals surface area contributed by atoms with Crippen molar-refractivity contribution in [1.82, 2.24) is 4.98 Å². The summed E-state index contributed by atoms with van der Waals surface area (Å²) in [5, 5.41) is 1.88. The minimum absolute atomic E-state index is 0.0867. The molecule has 2 aromatic carbocycles. The lowest BCUT2D eigenvalue weighted by molar-refractivity contribution is 0.270. The normalized spacial score (nSPS) is 15.6. The van der Waals surface area contributed by atoms with Crippen molar-refractivity contribution in [3.05, 3.63) is 58.9 Å².